The summed E-state index contributed by atoms with van der Waals surface area (Å²) in [5.74, 6) is -0.0691. The highest BCUT2D eigenvalue weighted by atomic mass is 16.1. The quantitative estimate of drug-likeness (QED) is 0.535. The van der Waals surface area contributed by atoms with E-state index in [4.69, 9.17) is 0 Å². The van der Waals surface area contributed by atoms with Crippen molar-refractivity contribution in [2.24, 2.45) is 0 Å². The lowest BCUT2D eigenvalue weighted by atomic mass is 10.0. The van der Waals surface area contributed by atoms with Crippen LogP contribution in [0.15, 0.2) is 77.6 Å². The van der Waals surface area contributed by atoms with Crippen LogP contribution in [0.1, 0.15) is 28.6 Å². The molecular formula is C23H22N4O2. The average molecular weight is 386 g/mol. The summed E-state index contributed by atoms with van der Waals surface area (Å²) in [7, 11) is 0. The molecule has 4 aromatic rings. The van der Waals surface area contributed by atoms with Crippen molar-refractivity contribution in [3.63, 3.8) is 0 Å². The van der Waals surface area contributed by atoms with Crippen LogP contribution in [0.3, 0.4) is 0 Å². The second kappa shape index (κ2) is 8.14. The third-order valence-corrected chi connectivity index (χ3v) is 4.79. The molecule has 2 heterocycles. The zero-order valence-electron chi connectivity index (χ0n) is 16.1. The predicted octanol–water partition coefficient (Wildman–Crippen LogP) is 2.97. The van der Waals surface area contributed by atoms with Crippen molar-refractivity contribution < 1.29 is 4.79 Å². The van der Waals surface area contributed by atoms with Crippen molar-refractivity contribution >= 4 is 11.6 Å². The maximum Gasteiger partial charge on any atom is 0.272 e. The molecule has 0 saturated heterocycles. The zero-order chi connectivity index (χ0) is 20.2. The minimum Gasteiger partial charge on any atom is -0.349 e. The first kappa shape index (κ1) is 18.7. The van der Waals surface area contributed by atoms with Crippen molar-refractivity contribution in [2.45, 2.75) is 25.8 Å². The molecule has 0 aliphatic carbocycles. The van der Waals surface area contributed by atoms with Crippen LogP contribution in [-0.2, 0) is 17.6 Å². The summed E-state index contributed by atoms with van der Waals surface area (Å²) in [6.07, 6.45) is 0.733. The highest BCUT2D eigenvalue weighted by molar-refractivity contribution is 5.79. The first-order chi connectivity index (χ1) is 14.1. The highest BCUT2D eigenvalue weighted by Crippen LogP contribution is 2.18. The first-order valence-corrected chi connectivity index (χ1v) is 9.55. The van der Waals surface area contributed by atoms with E-state index in [9.17, 15) is 9.59 Å². The van der Waals surface area contributed by atoms with Gasteiger partial charge in [-0.1, -0.05) is 60.7 Å². The molecule has 2 N–H and O–H groups in total. The molecule has 146 valence electrons. The van der Waals surface area contributed by atoms with Gasteiger partial charge >= 0.3 is 0 Å². The van der Waals surface area contributed by atoms with E-state index in [0.29, 0.717) is 24.2 Å². The third-order valence-electron chi connectivity index (χ3n) is 4.79. The summed E-state index contributed by atoms with van der Waals surface area (Å²) in [4.78, 5) is 29.7. The molecule has 0 saturated carbocycles. The highest BCUT2D eigenvalue weighted by Gasteiger charge is 2.17. The third kappa shape index (κ3) is 4.43. The fourth-order valence-electron chi connectivity index (χ4n) is 3.44. The Morgan fingerprint density at radius 3 is 2.48 bits per heavy atom. The van der Waals surface area contributed by atoms with E-state index in [1.165, 1.54) is 10.6 Å². The molecule has 0 spiro atoms. The Bertz CT molecular complexity index is 1180. The number of carbonyl (C=O) groups excluding carboxylic acids is 1. The summed E-state index contributed by atoms with van der Waals surface area (Å²) >= 11 is 0. The topological polar surface area (TPSA) is 79.3 Å². The van der Waals surface area contributed by atoms with E-state index in [1.807, 2.05) is 73.7 Å². The molecule has 29 heavy (non-hydrogen) atoms. The SMILES string of the molecule is Cc1cc2nc(C[C@H](NC(=O)Cc3ccccc3)c3ccccc3)cc(=O)n2[nH]1. The normalized spacial score (nSPS) is 12.0. The molecule has 6 heteroatoms. The number of aryl methyl sites for hydroxylation is 1. The Hall–Kier alpha value is -3.67. The van der Waals surface area contributed by atoms with Crippen molar-refractivity contribution in [3.05, 3.63) is 106 Å². The van der Waals surface area contributed by atoms with Gasteiger partial charge in [0, 0.05) is 24.2 Å². The van der Waals surface area contributed by atoms with Gasteiger partial charge in [-0.2, -0.15) is 0 Å². The van der Waals surface area contributed by atoms with Crippen molar-refractivity contribution in [1.29, 1.82) is 0 Å². The Balaban J connectivity index is 1.59. The van der Waals surface area contributed by atoms with Gasteiger partial charge in [-0.05, 0) is 18.1 Å². The van der Waals surface area contributed by atoms with Gasteiger partial charge in [0.2, 0.25) is 5.91 Å². The molecule has 0 aliphatic rings. The van der Waals surface area contributed by atoms with E-state index in [1.54, 1.807) is 0 Å². The van der Waals surface area contributed by atoms with Gasteiger partial charge in [-0.25, -0.2) is 9.50 Å². The Morgan fingerprint density at radius 2 is 1.76 bits per heavy atom. The summed E-state index contributed by atoms with van der Waals surface area (Å²) < 4.78 is 1.42. The summed E-state index contributed by atoms with van der Waals surface area (Å²) in [6.45, 7) is 1.88. The number of rotatable bonds is 6. The number of benzene rings is 2. The number of H-pyrrole nitrogens is 1. The molecule has 1 amide bonds. The Labute approximate surface area is 168 Å². The molecule has 0 bridgehead atoms. The van der Waals surface area contributed by atoms with Crippen molar-refractivity contribution in [2.75, 3.05) is 0 Å². The van der Waals surface area contributed by atoms with Crippen LogP contribution in [0, 0.1) is 6.92 Å². The standard InChI is InChI=1S/C23H22N4O2/c1-16-12-21-24-19(15-23(29)27(21)26-16)14-20(18-10-6-3-7-11-18)25-22(28)13-17-8-4-2-5-9-17/h2-12,15,20,26H,13-14H2,1H3,(H,25,28)/t20-/m0/s1. The van der Waals surface area contributed by atoms with Crippen molar-refractivity contribution in [1.82, 2.24) is 19.9 Å². The van der Waals surface area contributed by atoms with Crippen LogP contribution in [-0.4, -0.2) is 20.5 Å². The van der Waals surface area contributed by atoms with E-state index < -0.39 is 0 Å². The number of hydrogen-bond acceptors (Lipinski definition) is 3. The number of aromatic amines is 1. The smallest absolute Gasteiger partial charge is 0.272 e. The van der Waals surface area contributed by atoms with E-state index in [-0.39, 0.29) is 17.5 Å². The number of amides is 1. The molecule has 2 aromatic carbocycles. The summed E-state index contributed by atoms with van der Waals surface area (Å²) in [5, 5.41) is 6.08. The summed E-state index contributed by atoms with van der Waals surface area (Å²) in [5.41, 5.74) is 3.84. The van der Waals surface area contributed by atoms with Gasteiger partial charge in [0.1, 0.15) is 0 Å². The zero-order valence-corrected chi connectivity index (χ0v) is 16.1. The van der Waals surface area contributed by atoms with Crippen LogP contribution >= 0.6 is 0 Å². The largest absolute Gasteiger partial charge is 0.349 e. The number of fused-ring (bicyclic) bond motifs is 1. The molecule has 4 rings (SSSR count). The van der Waals surface area contributed by atoms with Gasteiger partial charge in [0.05, 0.1) is 18.2 Å². The first-order valence-electron chi connectivity index (χ1n) is 9.55. The predicted molar refractivity (Wildman–Crippen MR) is 112 cm³/mol. The average Bonchev–Trinajstić information content (AvgIpc) is 3.10. The number of hydrogen-bond donors (Lipinski definition) is 2. The molecule has 2 aromatic heterocycles. The minimum atomic E-state index is -0.276. The molecule has 1 atom stereocenters. The maximum absolute atomic E-state index is 12.7. The number of nitrogens with zero attached hydrogens (tertiary/aromatic N) is 2. The summed E-state index contributed by atoms with van der Waals surface area (Å²) in [6, 6.07) is 22.5. The molecule has 6 nitrogen and oxygen atoms in total. The maximum atomic E-state index is 12.7. The lowest BCUT2D eigenvalue weighted by Crippen LogP contribution is -2.31. The number of nitrogens with one attached hydrogen (secondary N) is 2. The second-order valence-electron chi connectivity index (χ2n) is 7.12. The monoisotopic (exact) mass is 386 g/mol. The van der Waals surface area contributed by atoms with Gasteiger partial charge in [-0.3, -0.25) is 14.7 Å². The fraction of sp³-hybridized carbons (Fsp3) is 0.174. The van der Waals surface area contributed by atoms with Crippen molar-refractivity contribution in [3.8, 4) is 0 Å². The Kier molecular flexibility index (Phi) is 5.24. The van der Waals surface area contributed by atoms with E-state index in [0.717, 1.165) is 16.8 Å². The van der Waals surface area contributed by atoms with Crippen LogP contribution in [0.2, 0.25) is 0 Å². The van der Waals surface area contributed by atoms with E-state index >= 15 is 0 Å². The van der Waals surface area contributed by atoms with Gasteiger partial charge in [-0.15, -0.1) is 0 Å². The van der Waals surface area contributed by atoms with Gasteiger partial charge < -0.3 is 5.32 Å². The number of aromatic nitrogens is 3. The number of carbonyl (C=O) groups is 1. The van der Waals surface area contributed by atoms with Crippen LogP contribution in [0.25, 0.3) is 5.65 Å². The second-order valence-corrected chi connectivity index (χ2v) is 7.12. The molecule has 0 unspecified atom stereocenters. The van der Waals surface area contributed by atoms with Crippen LogP contribution in [0.4, 0.5) is 0 Å². The van der Waals surface area contributed by atoms with Crippen LogP contribution < -0.4 is 10.9 Å². The molecular weight excluding hydrogens is 364 g/mol. The van der Waals surface area contributed by atoms with Gasteiger partial charge in [0.25, 0.3) is 5.56 Å². The van der Waals surface area contributed by atoms with Gasteiger partial charge in [0.15, 0.2) is 5.65 Å². The molecule has 0 fully saturated rings. The minimum absolute atomic E-state index is 0.0691. The van der Waals surface area contributed by atoms with Crippen LogP contribution in [0.5, 0.6) is 0 Å². The molecule has 0 aliphatic heterocycles. The lowest BCUT2D eigenvalue weighted by molar-refractivity contribution is -0.121. The fourth-order valence-corrected chi connectivity index (χ4v) is 3.44. The Morgan fingerprint density at radius 1 is 1.07 bits per heavy atom. The lowest BCUT2D eigenvalue weighted by Gasteiger charge is -2.19. The van der Waals surface area contributed by atoms with E-state index in [2.05, 4.69) is 15.4 Å². The molecule has 0 radical (unpaired) electrons.